The molecular weight excluding hydrogens is 174 g/mol. The van der Waals surface area contributed by atoms with Crippen LogP contribution in [0, 0.1) is 17.3 Å². The quantitative estimate of drug-likeness (QED) is 0.701. The van der Waals surface area contributed by atoms with E-state index in [2.05, 4.69) is 32.6 Å². The van der Waals surface area contributed by atoms with Gasteiger partial charge >= 0.3 is 0 Å². The fraction of sp³-hybridized carbons (Fsp3) is 0.833. The van der Waals surface area contributed by atoms with Crippen LogP contribution in [-0.4, -0.2) is 19.3 Å². The zero-order valence-corrected chi connectivity index (χ0v) is 10.1. The Morgan fingerprint density at radius 3 is 2.29 bits per heavy atom. The predicted molar refractivity (Wildman–Crippen MR) is 60.9 cm³/mol. The number of methoxy groups -OCH3 is 1. The topological polar surface area (TPSA) is 35.2 Å². The molecule has 0 rings (SSSR count). The average Bonchev–Trinajstić information content (AvgIpc) is 2.03. The Hall–Kier alpha value is -0.520. The van der Waals surface area contributed by atoms with Gasteiger partial charge in [-0.2, -0.15) is 0 Å². The maximum Gasteiger partial charge on any atom is 0.0770 e. The molecule has 0 aromatic heterocycles. The fourth-order valence-corrected chi connectivity index (χ4v) is 1.69. The van der Waals surface area contributed by atoms with E-state index in [1.54, 1.807) is 7.11 Å². The molecule has 0 aromatic carbocycles. The van der Waals surface area contributed by atoms with Gasteiger partial charge in [0.2, 0.25) is 0 Å². The van der Waals surface area contributed by atoms with E-state index in [1.165, 1.54) is 0 Å². The highest BCUT2D eigenvalue weighted by Gasteiger charge is 2.29. The lowest BCUT2D eigenvalue weighted by Crippen LogP contribution is -2.44. The number of rotatable bonds is 4. The van der Waals surface area contributed by atoms with Gasteiger partial charge in [0.15, 0.2) is 0 Å². The average molecular weight is 197 g/mol. The summed E-state index contributed by atoms with van der Waals surface area (Å²) in [5.41, 5.74) is 6.15. The molecule has 0 aliphatic carbocycles. The van der Waals surface area contributed by atoms with Gasteiger partial charge in [-0.25, -0.2) is 0 Å². The number of ether oxygens (including phenoxy) is 1. The van der Waals surface area contributed by atoms with Crippen molar-refractivity contribution >= 4 is 0 Å². The van der Waals surface area contributed by atoms with Crippen molar-refractivity contribution in [2.24, 2.45) is 11.1 Å². The second-order valence-corrected chi connectivity index (χ2v) is 4.65. The molecule has 2 unspecified atom stereocenters. The number of hydrogen-bond acceptors (Lipinski definition) is 2. The van der Waals surface area contributed by atoms with Gasteiger partial charge in [0.1, 0.15) is 0 Å². The Morgan fingerprint density at radius 1 is 1.36 bits per heavy atom. The highest BCUT2D eigenvalue weighted by molar-refractivity contribution is 4.96. The van der Waals surface area contributed by atoms with E-state index in [0.717, 1.165) is 12.8 Å². The van der Waals surface area contributed by atoms with E-state index in [-0.39, 0.29) is 17.6 Å². The highest BCUT2D eigenvalue weighted by Crippen LogP contribution is 2.25. The molecule has 2 heteroatoms. The Balaban J connectivity index is 4.16. The summed E-state index contributed by atoms with van der Waals surface area (Å²) in [5.74, 6) is 5.90. The molecule has 0 bridgehead atoms. The third-order valence-corrected chi connectivity index (χ3v) is 2.28. The van der Waals surface area contributed by atoms with Gasteiger partial charge in [0, 0.05) is 19.6 Å². The normalized spacial score (nSPS) is 15.6. The molecule has 0 saturated carbocycles. The standard InChI is InChI=1S/C12H23NO/c1-6-7-8-9-10(13)11(14-5)12(2,3)4/h10-11H,8-9,13H2,1-5H3. The van der Waals surface area contributed by atoms with E-state index in [0.29, 0.717) is 0 Å². The van der Waals surface area contributed by atoms with Crippen LogP contribution in [-0.2, 0) is 4.74 Å². The zero-order valence-electron chi connectivity index (χ0n) is 10.1. The smallest absolute Gasteiger partial charge is 0.0770 e. The molecule has 0 amide bonds. The first-order valence-corrected chi connectivity index (χ1v) is 5.11. The Bertz CT molecular complexity index is 207. The van der Waals surface area contributed by atoms with Crippen molar-refractivity contribution in [1.82, 2.24) is 0 Å². The molecule has 14 heavy (non-hydrogen) atoms. The first-order valence-electron chi connectivity index (χ1n) is 5.11. The lowest BCUT2D eigenvalue weighted by molar-refractivity contribution is -0.00323. The van der Waals surface area contributed by atoms with E-state index in [4.69, 9.17) is 10.5 Å². The molecule has 82 valence electrons. The van der Waals surface area contributed by atoms with Gasteiger partial charge in [-0.1, -0.05) is 20.8 Å². The van der Waals surface area contributed by atoms with E-state index >= 15 is 0 Å². The van der Waals surface area contributed by atoms with Gasteiger partial charge in [-0.3, -0.25) is 0 Å². The van der Waals surface area contributed by atoms with Crippen molar-refractivity contribution in [2.75, 3.05) is 7.11 Å². The van der Waals surface area contributed by atoms with Crippen LogP contribution in [0.4, 0.5) is 0 Å². The monoisotopic (exact) mass is 197 g/mol. The van der Waals surface area contributed by atoms with E-state index in [9.17, 15) is 0 Å². The first-order chi connectivity index (χ1) is 6.43. The van der Waals surface area contributed by atoms with Gasteiger partial charge in [0.05, 0.1) is 6.10 Å². The van der Waals surface area contributed by atoms with Gasteiger partial charge in [-0.05, 0) is 18.8 Å². The summed E-state index contributed by atoms with van der Waals surface area (Å²) in [6, 6.07) is 0.0702. The zero-order chi connectivity index (χ0) is 11.2. The van der Waals surface area contributed by atoms with Gasteiger partial charge in [-0.15, -0.1) is 11.8 Å². The largest absolute Gasteiger partial charge is 0.379 e. The summed E-state index contributed by atoms with van der Waals surface area (Å²) in [6.07, 6.45) is 1.85. The summed E-state index contributed by atoms with van der Waals surface area (Å²) in [5, 5.41) is 0. The summed E-state index contributed by atoms with van der Waals surface area (Å²) in [6.45, 7) is 8.29. The van der Waals surface area contributed by atoms with Crippen LogP contribution >= 0.6 is 0 Å². The molecule has 2 nitrogen and oxygen atoms in total. The van der Waals surface area contributed by atoms with Crippen LogP contribution in [0.3, 0.4) is 0 Å². The van der Waals surface area contributed by atoms with Crippen molar-refractivity contribution in [2.45, 2.75) is 52.7 Å². The molecule has 0 aliphatic heterocycles. The summed E-state index contributed by atoms with van der Waals surface area (Å²) in [4.78, 5) is 0. The molecule has 2 N–H and O–H groups in total. The number of hydrogen-bond donors (Lipinski definition) is 1. The third kappa shape index (κ3) is 4.64. The van der Waals surface area contributed by atoms with Crippen molar-refractivity contribution in [3.63, 3.8) is 0 Å². The molecular formula is C12H23NO. The van der Waals surface area contributed by atoms with Crippen molar-refractivity contribution < 1.29 is 4.74 Å². The Kier molecular flexibility index (Phi) is 5.83. The molecule has 0 spiro atoms. The van der Waals surface area contributed by atoms with Gasteiger partial charge in [0.25, 0.3) is 0 Å². The van der Waals surface area contributed by atoms with Crippen LogP contribution in [0.25, 0.3) is 0 Å². The molecule has 0 aliphatic rings. The van der Waals surface area contributed by atoms with Crippen LogP contribution in [0.5, 0.6) is 0 Å². The van der Waals surface area contributed by atoms with Crippen molar-refractivity contribution in [1.29, 1.82) is 0 Å². The molecule has 0 fully saturated rings. The fourth-order valence-electron chi connectivity index (χ4n) is 1.69. The maximum atomic E-state index is 6.06. The minimum atomic E-state index is 0.0702. The Labute approximate surface area is 88.2 Å². The van der Waals surface area contributed by atoms with Crippen LogP contribution < -0.4 is 5.73 Å². The lowest BCUT2D eigenvalue weighted by atomic mass is 9.83. The third-order valence-electron chi connectivity index (χ3n) is 2.28. The van der Waals surface area contributed by atoms with Crippen LogP contribution in [0.15, 0.2) is 0 Å². The van der Waals surface area contributed by atoms with Gasteiger partial charge < -0.3 is 10.5 Å². The highest BCUT2D eigenvalue weighted by atomic mass is 16.5. The molecule has 0 heterocycles. The predicted octanol–water partition coefficient (Wildman–Crippen LogP) is 2.18. The molecule has 0 radical (unpaired) electrons. The van der Waals surface area contributed by atoms with Crippen molar-refractivity contribution in [3.05, 3.63) is 0 Å². The first kappa shape index (κ1) is 13.5. The minimum Gasteiger partial charge on any atom is -0.379 e. The molecule has 2 atom stereocenters. The second kappa shape index (κ2) is 6.06. The lowest BCUT2D eigenvalue weighted by Gasteiger charge is -2.33. The summed E-state index contributed by atoms with van der Waals surface area (Å²) >= 11 is 0. The van der Waals surface area contributed by atoms with E-state index < -0.39 is 0 Å². The SMILES string of the molecule is CC#CCCC(N)C(OC)C(C)(C)C. The maximum absolute atomic E-state index is 6.06. The second-order valence-electron chi connectivity index (χ2n) is 4.65. The number of nitrogens with two attached hydrogens (primary N) is 1. The van der Waals surface area contributed by atoms with Crippen LogP contribution in [0.1, 0.15) is 40.5 Å². The molecule has 0 aromatic rings. The Morgan fingerprint density at radius 2 is 1.93 bits per heavy atom. The minimum absolute atomic E-state index is 0.0702. The van der Waals surface area contributed by atoms with E-state index in [1.807, 2.05) is 6.92 Å². The van der Waals surface area contributed by atoms with Crippen LogP contribution in [0.2, 0.25) is 0 Å². The summed E-state index contributed by atoms with van der Waals surface area (Å²) < 4.78 is 5.43. The molecule has 0 saturated heterocycles. The van der Waals surface area contributed by atoms with Crippen molar-refractivity contribution in [3.8, 4) is 11.8 Å². The summed E-state index contributed by atoms with van der Waals surface area (Å²) in [7, 11) is 1.72.